The molecule has 1 aliphatic rings. The Balaban J connectivity index is 0.00000272. The van der Waals surface area contributed by atoms with Crippen LogP contribution in [0.1, 0.15) is 34.6 Å². The molecule has 1 aromatic heterocycles. The van der Waals surface area contributed by atoms with E-state index in [1.54, 1.807) is 54.5 Å². The molecule has 0 spiro atoms. The van der Waals surface area contributed by atoms with Crippen molar-refractivity contribution in [2.45, 2.75) is 29.9 Å². The summed E-state index contributed by atoms with van der Waals surface area (Å²) in [5.74, 6) is 0.319. The van der Waals surface area contributed by atoms with E-state index in [-0.39, 0.29) is 30.3 Å². The highest BCUT2D eigenvalue weighted by molar-refractivity contribution is 7.99. The lowest BCUT2D eigenvalue weighted by atomic mass is 10.1. The largest absolute Gasteiger partial charge is 0.491 e. The minimum atomic E-state index is -0.252. The molecule has 2 aromatic carbocycles. The van der Waals surface area contributed by atoms with Gasteiger partial charge in [0, 0.05) is 29.4 Å². The zero-order valence-corrected chi connectivity index (χ0v) is 18.9. The number of rotatable bonds is 4. The third-order valence-electron chi connectivity index (χ3n) is 4.58. The van der Waals surface area contributed by atoms with Gasteiger partial charge in [0.25, 0.3) is 11.8 Å². The normalized spacial score (nSPS) is 12.4. The van der Waals surface area contributed by atoms with Gasteiger partial charge in [-0.2, -0.15) is 0 Å². The van der Waals surface area contributed by atoms with E-state index < -0.39 is 0 Å². The van der Waals surface area contributed by atoms with Gasteiger partial charge in [-0.05, 0) is 68.4 Å². The van der Waals surface area contributed by atoms with Crippen LogP contribution in [0.5, 0.6) is 5.75 Å². The average Bonchev–Trinajstić information content (AvgIpc) is 2.83. The summed E-state index contributed by atoms with van der Waals surface area (Å²) in [5.41, 5.74) is 2.36. The van der Waals surface area contributed by atoms with Crippen LogP contribution >= 0.6 is 24.2 Å². The van der Waals surface area contributed by atoms with Crippen molar-refractivity contribution in [3.63, 3.8) is 0 Å². The van der Waals surface area contributed by atoms with Crippen molar-refractivity contribution >= 4 is 47.4 Å². The predicted molar refractivity (Wildman–Crippen MR) is 125 cm³/mol. The van der Waals surface area contributed by atoms with Gasteiger partial charge in [-0.25, -0.2) is 4.98 Å². The molecule has 1 N–H and O–H groups in total. The van der Waals surface area contributed by atoms with Gasteiger partial charge in [0.2, 0.25) is 0 Å². The Morgan fingerprint density at radius 3 is 2.58 bits per heavy atom. The first-order chi connectivity index (χ1) is 14.4. The molecular formula is C23H22ClN3O3S. The summed E-state index contributed by atoms with van der Waals surface area (Å²) >= 11 is 1.44. The van der Waals surface area contributed by atoms with Crippen molar-refractivity contribution in [1.82, 2.24) is 4.98 Å². The quantitative estimate of drug-likeness (QED) is 0.579. The number of nitrogens with one attached hydrogen (secondary N) is 1. The Bertz CT molecular complexity index is 1120. The maximum Gasteiger partial charge on any atom is 0.259 e. The fourth-order valence-corrected chi connectivity index (χ4v) is 4.16. The number of carbonyl (C=O) groups excluding carboxylic acids is 2. The fourth-order valence-electron chi connectivity index (χ4n) is 3.13. The molecule has 0 atom stereocenters. The van der Waals surface area contributed by atoms with Crippen molar-refractivity contribution in [3.8, 4) is 5.75 Å². The van der Waals surface area contributed by atoms with Crippen LogP contribution in [-0.4, -0.2) is 29.9 Å². The second kappa shape index (κ2) is 9.41. The van der Waals surface area contributed by atoms with Gasteiger partial charge < -0.3 is 15.0 Å². The summed E-state index contributed by atoms with van der Waals surface area (Å²) in [6.45, 7) is 3.90. The molecule has 0 bridgehead atoms. The number of fused-ring (bicyclic) bond motifs is 2. The Labute approximate surface area is 191 Å². The summed E-state index contributed by atoms with van der Waals surface area (Å²) in [6, 6.07) is 16.0. The second-order valence-electron chi connectivity index (χ2n) is 7.15. The molecule has 3 aromatic rings. The molecule has 0 saturated heterocycles. The van der Waals surface area contributed by atoms with E-state index >= 15 is 0 Å². The smallest absolute Gasteiger partial charge is 0.259 e. The van der Waals surface area contributed by atoms with Crippen LogP contribution in [0, 0.1) is 0 Å². The number of anilines is 2. The number of pyridine rings is 1. The van der Waals surface area contributed by atoms with Crippen molar-refractivity contribution < 1.29 is 14.3 Å². The molecule has 0 unspecified atom stereocenters. The SMILES string of the molecule is CC(C)Oc1ccc(C(=O)Nc2ccc3c(c2)C(=O)N(C)c2cccnc2S3)cc1.Cl. The van der Waals surface area contributed by atoms with Crippen LogP contribution in [0.4, 0.5) is 11.4 Å². The van der Waals surface area contributed by atoms with Crippen LogP contribution in [-0.2, 0) is 0 Å². The summed E-state index contributed by atoms with van der Waals surface area (Å²) in [5, 5.41) is 3.64. The molecule has 4 rings (SSSR count). The van der Waals surface area contributed by atoms with E-state index in [0.717, 1.165) is 15.6 Å². The molecule has 160 valence electrons. The van der Waals surface area contributed by atoms with Crippen molar-refractivity contribution in [1.29, 1.82) is 0 Å². The zero-order chi connectivity index (χ0) is 21.3. The first-order valence-corrected chi connectivity index (χ1v) is 10.4. The predicted octanol–water partition coefficient (Wildman–Crippen LogP) is 5.28. The second-order valence-corrected chi connectivity index (χ2v) is 8.18. The van der Waals surface area contributed by atoms with Gasteiger partial charge in [-0.1, -0.05) is 11.8 Å². The molecule has 31 heavy (non-hydrogen) atoms. The molecule has 0 aliphatic carbocycles. The van der Waals surface area contributed by atoms with Crippen molar-refractivity contribution in [3.05, 3.63) is 71.9 Å². The number of benzene rings is 2. The number of hydrogen-bond donors (Lipinski definition) is 1. The number of carbonyl (C=O) groups is 2. The van der Waals surface area contributed by atoms with E-state index in [0.29, 0.717) is 22.6 Å². The molecule has 6 nitrogen and oxygen atoms in total. The topological polar surface area (TPSA) is 71.5 Å². The lowest BCUT2D eigenvalue weighted by Crippen LogP contribution is -2.26. The Kier molecular flexibility index (Phi) is 6.87. The maximum atomic E-state index is 13.0. The minimum Gasteiger partial charge on any atom is -0.491 e. The van der Waals surface area contributed by atoms with Gasteiger partial charge in [-0.15, -0.1) is 12.4 Å². The Morgan fingerprint density at radius 1 is 1.13 bits per heavy atom. The first kappa shape index (κ1) is 22.7. The van der Waals surface area contributed by atoms with Crippen LogP contribution in [0.15, 0.2) is 70.7 Å². The highest BCUT2D eigenvalue weighted by Gasteiger charge is 2.26. The molecule has 2 amide bonds. The average molecular weight is 456 g/mol. The van der Waals surface area contributed by atoms with E-state index in [1.807, 2.05) is 32.0 Å². The lowest BCUT2D eigenvalue weighted by molar-refractivity contribution is 0.0987. The van der Waals surface area contributed by atoms with Gasteiger partial charge in [-0.3, -0.25) is 9.59 Å². The van der Waals surface area contributed by atoms with Crippen molar-refractivity contribution in [2.75, 3.05) is 17.3 Å². The third-order valence-corrected chi connectivity index (χ3v) is 5.66. The van der Waals surface area contributed by atoms with Gasteiger partial charge in [0.1, 0.15) is 10.8 Å². The molecule has 2 heterocycles. The number of aromatic nitrogens is 1. The molecule has 0 saturated carbocycles. The van der Waals surface area contributed by atoms with E-state index in [9.17, 15) is 9.59 Å². The van der Waals surface area contributed by atoms with E-state index in [1.165, 1.54) is 11.8 Å². The van der Waals surface area contributed by atoms with Crippen LogP contribution in [0.2, 0.25) is 0 Å². The highest BCUT2D eigenvalue weighted by Crippen LogP contribution is 2.40. The monoisotopic (exact) mass is 455 g/mol. The lowest BCUT2D eigenvalue weighted by Gasteiger charge is -2.16. The molecule has 8 heteroatoms. The Morgan fingerprint density at radius 2 is 1.87 bits per heavy atom. The minimum absolute atomic E-state index is 0. The van der Waals surface area contributed by atoms with E-state index in [4.69, 9.17) is 4.74 Å². The van der Waals surface area contributed by atoms with Crippen molar-refractivity contribution in [2.24, 2.45) is 0 Å². The first-order valence-electron chi connectivity index (χ1n) is 9.55. The van der Waals surface area contributed by atoms with Gasteiger partial charge >= 0.3 is 0 Å². The molecule has 0 fully saturated rings. The zero-order valence-electron chi connectivity index (χ0n) is 17.3. The number of halogens is 1. The molecular weight excluding hydrogens is 434 g/mol. The maximum absolute atomic E-state index is 13.0. The number of ether oxygens (including phenoxy) is 1. The van der Waals surface area contributed by atoms with E-state index in [2.05, 4.69) is 10.3 Å². The van der Waals surface area contributed by atoms with Crippen LogP contribution < -0.4 is 15.0 Å². The molecule has 1 aliphatic heterocycles. The number of nitrogens with zero attached hydrogens (tertiary/aromatic N) is 2. The Hall–Kier alpha value is -3.03. The number of amides is 2. The summed E-state index contributed by atoms with van der Waals surface area (Å²) in [4.78, 5) is 32.4. The summed E-state index contributed by atoms with van der Waals surface area (Å²) in [7, 11) is 1.73. The number of hydrogen-bond acceptors (Lipinski definition) is 5. The van der Waals surface area contributed by atoms with Gasteiger partial charge in [0.15, 0.2) is 0 Å². The summed E-state index contributed by atoms with van der Waals surface area (Å²) < 4.78 is 5.61. The highest BCUT2D eigenvalue weighted by atomic mass is 35.5. The van der Waals surface area contributed by atoms with Gasteiger partial charge in [0.05, 0.1) is 17.4 Å². The fraction of sp³-hybridized carbons (Fsp3) is 0.174. The standard InChI is InChI=1S/C23H21N3O3S.ClH/c1-14(2)29-17-9-6-15(7-10-17)21(27)25-16-8-11-20-18(13-16)23(28)26(3)19-5-4-12-24-22(19)30-20;/h4-14H,1-3H3,(H,25,27);1H. The van der Waals surface area contributed by atoms with Crippen LogP contribution in [0.25, 0.3) is 0 Å². The summed E-state index contributed by atoms with van der Waals surface area (Å²) in [6.07, 6.45) is 1.78. The van der Waals surface area contributed by atoms with Crippen LogP contribution in [0.3, 0.4) is 0 Å². The third kappa shape index (κ3) is 4.84. The molecule has 0 radical (unpaired) electrons.